The summed E-state index contributed by atoms with van der Waals surface area (Å²) in [7, 11) is 0. The van der Waals surface area contributed by atoms with Gasteiger partial charge in [-0.1, -0.05) is 13.8 Å². The summed E-state index contributed by atoms with van der Waals surface area (Å²) in [6.07, 6.45) is 2.25. The predicted molar refractivity (Wildman–Crippen MR) is 91.9 cm³/mol. The Hall–Kier alpha value is -1.08. The van der Waals surface area contributed by atoms with E-state index in [-0.39, 0.29) is 11.2 Å². The number of aryl methyl sites for hydroxylation is 2. The Labute approximate surface area is 141 Å². The number of rotatable bonds is 7. The smallest absolute Gasteiger partial charge is 0.313 e. The van der Waals surface area contributed by atoms with Gasteiger partial charge in [-0.25, -0.2) is 9.78 Å². The van der Waals surface area contributed by atoms with Crippen LogP contribution in [0, 0.1) is 0 Å². The highest BCUT2D eigenvalue weighted by atomic mass is 79.9. The zero-order chi connectivity index (χ0) is 16.3. The minimum absolute atomic E-state index is 0.276. The molecule has 122 valence electrons. The predicted octanol–water partition coefficient (Wildman–Crippen LogP) is 2.57. The van der Waals surface area contributed by atoms with Crippen molar-refractivity contribution in [1.29, 1.82) is 0 Å². The monoisotopic (exact) mass is 390 g/mol. The molecular weight excluding hydrogens is 372 g/mol. The molecule has 0 bridgehead atoms. The van der Waals surface area contributed by atoms with Gasteiger partial charge in [0.2, 0.25) is 0 Å². The Morgan fingerprint density at radius 1 is 1.05 bits per heavy atom. The van der Waals surface area contributed by atoms with E-state index >= 15 is 0 Å². The van der Waals surface area contributed by atoms with Gasteiger partial charge in [0.25, 0.3) is 5.56 Å². The van der Waals surface area contributed by atoms with Crippen LogP contribution in [0.25, 0.3) is 11.2 Å². The van der Waals surface area contributed by atoms with Crippen molar-refractivity contribution in [3.63, 3.8) is 0 Å². The molecule has 2 aromatic heterocycles. The van der Waals surface area contributed by atoms with Gasteiger partial charge in [-0.05, 0) is 35.2 Å². The van der Waals surface area contributed by atoms with Crippen LogP contribution in [0.5, 0.6) is 0 Å². The molecule has 2 rings (SSSR count). The van der Waals surface area contributed by atoms with Crippen molar-refractivity contribution in [3.8, 4) is 0 Å². The molecule has 0 saturated carbocycles. The molecule has 2 aromatic rings. The standard InChI is InChI=1S/C14H20BrClN4O2/c1-3-7-19-11-10(12(21)20(8-4-2)14(19)22)18(9-5-6-16)13(15)17-11/h3-9H2,1-2H3. The minimum atomic E-state index is -0.282. The van der Waals surface area contributed by atoms with Crippen LogP contribution < -0.4 is 11.2 Å². The fraction of sp³-hybridized carbons (Fsp3) is 0.643. The molecule has 0 aromatic carbocycles. The molecule has 8 heteroatoms. The minimum Gasteiger partial charge on any atom is -0.313 e. The second-order valence-corrected chi connectivity index (χ2v) is 6.23. The quantitative estimate of drug-likeness (QED) is 0.538. The second kappa shape index (κ2) is 7.46. The van der Waals surface area contributed by atoms with Gasteiger partial charge in [0, 0.05) is 25.5 Å². The Morgan fingerprint density at radius 2 is 1.68 bits per heavy atom. The number of hydrogen-bond donors (Lipinski definition) is 0. The number of hydrogen-bond acceptors (Lipinski definition) is 3. The van der Waals surface area contributed by atoms with Gasteiger partial charge in [-0.15, -0.1) is 11.6 Å². The van der Waals surface area contributed by atoms with E-state index in [1.165, 1.54) is 4.57 Å². The maximum Gasteiger partial charge on any atom is 0.332 e. The molecule has 0 saturated heterocycles. The van der Waals surface area contributed by atoms with Crippen molar-refractivity contribution in [2.75, 3.05) is 5.88 Å². The molecule has 0 fully saturated rings. The topological polar surface area (TPSA) is 61.8 Å². The van der Waals surface area contributed by atoms with Crippen molar-refractivity contribution in [2.45, 2.75) is 52.7 Å². The summed E-state index contributed by atoms with van der Waals surface area (Å²) in [6, 6.07) is 0. The maximum absolute atomic E-state index is 12.7. The van der Waals surface area contributed by atoms with Crippen LogP contribution >= 0.6 is 27.5 Å². The van der Waals surface area contributed by atoms with E-state index < -0.39 is 0 Å². The summed E-state index contributed by atoms with van der Waals surface area (Å²) in [5.74, 6) is 0.504. The second-order valence-electron chi connectivity index (χ2n) is 5.14. The molecular formula is C14H20BrClN4O2. The number of nitrogens with zero attached hydrogens (tertiary/aromatic N) is 4. The lowest BCUT2D eigenvalue weighted by atomic mass is 10.4. The molecule has 0 N–H and O–H groups in total. The van der Waals surface area contributed by atoms with Crippen LogP contribution in [0.4, 0.5) is 0 Å². The first-order valence-corrected chi connectivity index (χ1v) is 8.84. The summed E-state index contributed by atoms with van der Waals surface area (Å²) < 4.78 is 5.26. The first kappa shape index (κ1) is 17.3. The Kier molecular flexibility index (Phi) is 5.86. The molecule has 22 heavy (non-hydrogen) atoms. The van der Waals surface area contributed by atoms with E-state index in [4.69, 9.17) is 11.6 Å². The molecule has 0 aliphatic heterocycles. The number of imidazole rings is 1. The molecule has 0 spiro atoms. The van der Waals surface area contributed by atoms with E-state index in [9.17, 15) is 9.59 Å². The molecule has 2 heterocycles. The van der Waals surface area contributed by atoms with Gasteiger partial charge in [0.05, 0.1) is 0 Å². The highest BCUT2D eigenvalue weighted by Gasteiger charge is 2.19. The van der Waals surface area contributed by atoms with E-state index in [1.54, 1.807) is 9.13 Å². The molecule has 0 atom stereocenters. The summed E-state index contributed by atoms with van der Waals surface area (Å²) in [5, 5.41) is 0. The highest BCUT2D eigenvalue weighted by molar-refractivity contribution is 9.10. The van der Waals surface area contributed by atoms with Crippen LogP contribution in [0.3, 0.4) is 0 Å². The third kappa shape index (κ3) is 3.01. The Bertz CT molecular complexity index is 778. The molecule has 0 aliphatic rings. The normalized spacial score (nSPS) is 11.5. The van der Waals surface area contributed by atoms with Crippen LogP contribution in [-0.4, -0.2) is 24.6 Å². The Morgan fingerprint density at radius 3 is 2.27 bits per heavy atom. The van der Waals surface area contributed by atoms with E-state index in [2.05, 4.69) is 20.9 Å². The molecule has 0 unspecified atom stereocenters. The van der Waals surface area contributed by atoms with Crippen LogP contribution in [0.2, 0.25) is 0 Å². The third-order valence-corrected chi connectivity index (χ3v) is 4.35. The number of halogens is 2. The van der Waals surface area contributed by atoms with Crippen LogP contribution in [-0.2, 0) is 19.6 Å². The zero-order valence-electron chi connectivity index (χ0n) is 12.8. The fourth-order valence-electron chi connectivity index (χ4n) is 2.53. The maximum atomic E-state index is 12.7. The SMILES string of the molecule is CCCn1c(=O)c2c(nc(Br)n2CCCCl)n(CCC)c1=O. The average Bonchev–Trinajstić information content (AvgIpc) is 2.82. The third-order valence-electron chi connectivity index (χ3n) is 3.48. The number of alkyl halides is 1. The largest absolute Gasteiger partial charge is 0.332 e. The van der Waals surface area contributed by atoms with Crippen LogP contribution in [0.15, 0.2) is 14.3 Å². The Balaban J connectivity index is 2.82. The lowest BCUT2D eigenvalue weighted by molar-refractivity contribution is 0.553. The average molecular weight is 392 g/mol. The summed E-state index contributed by atoms with van der Waals surface area (Å²) in [4.78, 5) is 29.7. The van der Waals surface area contributed by atoms with Crippen LogP contribution in [0.1, 0.15) is 33.1 Å². The molecule has 0 amide bonds. The summed E-state index contributed by atoms with van der Waals surface area (Å²) >= 11 is 9.15. The number of fused-ring (bicyclic) bond motifs is 1. The van der Waals surface area contributed by atoms with Crippen molar-refractivity contribution >= 4 is 38.7 Å². The fourth-order valence-corrected chi connectivity index (χ4v) is 3.17. The van der Waals surface area contributed by atoms with Crippen molar-refractivity contribution in [2.24, 2.45) is 0 Å². The van der Waals surface area contributed by atoms with Crippen molar-refractivity contribution < 1.29 is 0 Å². The van der Waals surface area contributed by atoms with Gasteiger partial charge in [0.1, 0.15) is 0 Å². The lowest BCUT2D eigenvalue weighted by Gasteiger charge is -2.11. The van der Waals surface area contributed by atoms with Gasteiger partial charge in [0.15, 0.2) is 15.9 Å². The van der Waals surface area contributed by atoms with Gasteiger partial charge >= 0.3 is 5.69 Å². The first-order chi connectivity index (χ1) is 10.6. The lowest BCUT2D eigenvalue weighted by Crippen LogP contribution is -2.40. The highest BCUT2D eigenvalue weighted by Crippen LogP contribution is 2.17. The summed E-state index contributed by atoms with van der Waals surface area (Å²) in [6.45, 7) is 5.48. The van der Waals surface area contributed by atoms with E-state index in [0.29, 0.717) is 41.4 Å². The zero-order valence-corrected chi connectivity index (χ0v) is 15.2. The van der Waals surface area contributed by atoms with Crippen molar-refractivity contribution in [3.05, 3.63) is 25.6 Å². The van der Waals surface area contributed by atoms with Gasteiger partial charge in [-0.3, -0.25) is 13.9 Å². The molecule has 0 aliphatic carbocycles. The van der Waals surface area contributed by atoms with E-state index in [0.717, 1.165) is 19.3 Å². The number of aromatic nitrogens is 4. The summed E-state index contributed by atoms with van der Waals surface area (Å²) in [5.41, 5.74) is 0.363. The first-order valence-electron chi connectivity index (χ1n) is 7.52. The van der Waals surface area contributed by atoms with Crippen molar-refractivity contribution in [1.82, 2.24) is 18.7 Å². The molecule has 6 nitrogen and oxygen atoms in total. The van der Waals surface area contributed by atoms with Gasteiger partial charge < -0.3 is 4.57 Å². The molecule has 0 radical (unpaired) electrons. The van der Waals surface area contributed by atoms with Gasteiger partial charge in [-0.2, -0.15) is 0 Å². The van der Waals surface area contributed by atoms with E-state index in [1.807, 2.05) is 13.8 Å².